The number of nitrogens with one attached hydrogen (secondary N) is 1. The van der Waals surface area contributed by atoms with Gasteiger partial charge >= 0.3 is 0 Å². The Balaban J connectivity index is 2.46. The van der Waals surface area contributed by atoms with Crippen molar-refractivity contribution in [1.29, 1.82) is 0 Å². The van der Waals surface area contributed by atoms with Crippen LogP contribution in [0, 0.1) is 11.8 Å². The van der Waals surface area contributed by atoms with Crippen LogP contribution in [0.3, 0.4) is 0 Å². The zero-order valence-corrected chi connectivity index (χ0v) is 14.0. The van der Waals surface area contributed by atoms with E-state index in [2.05, 4.69) is 45.1 Å². The molecule has 1 N–H and O–H groups in total. The van der Waals surface area contributed by atoms with Gasteiger partial charge in [-0.3, -0.25) is 4.79 Å². The van der Waals surface area contributed by atoms with Crippen LogP contribution in [-0.4, -0.2) is 17.2 Å². The van der Waals surface area contributed by atoms with Crippen LogP contribution in [-0.2, 0) is 10.5 Å². The van der Waals surface area contributed by atoms with Gasteiger partial charge in [0, 0.05) is 11.8 Å². The van der Waals surface area contributed by atoms with Gasteiger partial charge in [0.05, 0.1) is 5.25 Å². The Kier molecular flexibility index (Phi) is 7.14. The molecule has 1 aromatic carbocycles. The quantitative estimate of drug-likeness (QED) is 0.820. The number of rotatable bonds is 7. The van der Waals surface area contributed by atoms with E-state index in [0.29, 0.717) is 11.8 Å². The van der Waals surface area contributed by atoms with Crippen molar-refractivity contribution in [2.45, 2.75) is 51.7 Å². The minimum atomic E-state index is -0.0183. The molecule has 0 heterocycles. The highest BCUT2D eigenvalue weighted by Crippen LogP contribution is 2.19. The Morgan fingerprint density at radius 2 is 1.60 bits per heavy atom. The topological polar surface area (TPSA) is 29.1 Å². The Labute approximate surface area is 127 Å². The fourth-order valence-corrected chi connectivity index (χ4v) is 3.11. The van der Waals surface area contributed by atoms with Crippen LogP contribution < -0.4 is 5.32 Å². The van der Waals surface area contributed by atoms with Gasteiger partial charge in [-0.2, -0.15) is 0 Å². The summed E-state index contributed by atoms with van der Waals surface area (Å²) in [6, 6.07) is 10.5. The number of carbonyl (C=O) groups is 1. The Morgan fingerprint density at radius 3 is 2.10 bits per heavy atom. The van der Waals surface area contributed by atoms with Crippen LogP contribution >= 0.6 is 11.8 Å². The Hall–Kier alpha value is -0.960. The fourth-order valence-electron chi connectivity index (χ4n) is 2.26. The van der Waals surface area contributed by atoms with Crippen molar-refractivity contribution in [3.63, 3.8) is 0 Å². The summed E-state index contributed by atoms with van der Waals surface area (Å²) in [6.07, 6.45) is 0. The molecule has 1 amide bonds. The number of thioether (sulfide) groups is 1. The third kappa shape index (κ3) is 5.58. The maximum absolute atomic E-state index is 12.3. The standard InChI is InChI=1S/C17H27NOS/c1-12(2)16(13(3)4)18-17(19)14(5)20-11-15-9-7-6-8-10-15/h6-10,12-14,16H,11H2,1-5H3,(H,18,19)/t14-/m0/s1. The average molecular weight is 293 g/mol. The minimum Gasteiger partial charge on any atom is -0.352 e. The second kappa shape index (κ2) is 8.35. The summed E-state index contributed by atoms with van der Waals surface area (Å²) in [5.41, 5.74) is 1.27. The van der Waals surface area contributed by atoms with E-state index < -0.39 is 0 Å². The fraction of sp³-hybridized carbons (Fsp3) is 0.588. The lowest BCUT2D eigenvalue weighted by molar-refractivity contribution is -0.121. The number of hydrogen-bond acceptors (Lipinski definition) is 2. The summed E-state index contributed by atoms with van der Waals surface area (Å²) in [6.45, 7) is 10.6. The first kappa shape index (κ1) is 17.1. The predicted octanol–water partition coefficient (Wildman–Crippen LogP) is 4.11. The molecule has 0 aromatic heterocycles. The largest absolute Gasteiger partial charge is 0.352 e. The molecule has 0 unspecified atom stereocenters. The van der Waals surface area contributed by atoms with Crippen molar-refractivity contribution in [2.75, 3.05) is 0 Å². The third-order valence-electron chi connectivity index (χ3n) is 3.46. The molecule has 1 rings (SSSR count). The van der Waals surface area contributed by atoms with Gasteiger partial charge in [0.15, 0.2) is 0 Å². The summed E-state index contributed by atoms with van der Waals surface area (Å²) in [7, 11) is 0. The van der Waals surface area contributed by atoms with Crippen molar-refractivity contribution in [3.8, 4) is 0 Å². The number of hydrogen-bond donors (Lipinski definition) is 1. The van der Waals surface area contributed by atoms with Crippen LogP contribution in [0.25, 0.3) is 0 Å². The van der Waals surface area contributed by atoms with Gasteiger partial charge in [0.2, 0.25) is 5.91 Å². The molecule has 2 nitrogen and oxygen atoms in total. The van der Waals surface area contributed by atoms with E-state index in [-0.39, 0.29) is 17.2 Å². The maximum atomic E-state index is 12.3. The van der Waals surface area contributed by atoms with Crippen LogP contribution in [0.15, 0.2) is 30.3 Å². The summed E-state index contributed by atoms with van der Waals surface area (Å²) in [4.78, 5) is 12.3. The molecule has 0 aliphatic heterocycles. The van der Waals surface area contributed by atoms with E-state index in [1.54, 1.807) is 11.8 Å². The van der Waals surface area contributed by atoms with Gasteiger partial charge in [0.1, 0.15) is 0 Å². The van der Waals surface area contributed by atoms with E-state index in [1.165, 1.54) is 5.56 Å². The molecular formula is C17H27NOS. The van der Waals surface area contributed by atoms with E-state index in [1.807, 2.05) is 25.1 Å². The SMILES string of the molecule is CC(C)C(NC(=O)[C@H](C)SCc1ccccc1)C(C)C. The zero-order valence-electron chi connectivity index (χ0n) is 13.2. The van der Waals surface area contributed by atoms with Gasteiger partial charge in [0.25, 0.3) is 0 Å². The molecule has 112 valence electrons. The van der Waals surface area contributed by atoms with Gasteiger partial charge in [-0.05, 0) is 24.3 Å². The summed E-state index contributed by atoms with van der Waals surface area (Å²) >= 11 is 1.69. The van der Waals surface area contributed by atoms with Crippen molar-refractivity contribution in [2.24, 2.45) is 11.8 Å². The van der Waals surface area contributed by atoms with Gasteiger partial charge in [-0.1, -0.05) is 58.0 Å². The number of carbonyl (C=O) groups excluding carboxylic acids is 1. The van der Waals surface area contributed by atoms with Crippen LogP contribution in [0.4, 0.5) is 0 Å². The second-order valence-electron chi connectivity index (χ2n) is 5.96. The molecule has 0 aliphatic rings. The molecule has 0 saturated carbocycles. The Morgan fingerprint density at radius 1 is 1.05 bits per heavy atom. The Bertz CT molecular complexity index is 395. The third-order valence-corrected chi connectivity index (χ3v) is 4.67. The predicted molar refractivity (Wildman–Crippen MR) is 88.8 cm³/mol. The summed E-state index contributed by atoms with van der Waals surface area (Å²) < 4.78 is 0. The molecular weight excluding hydrogens is 266 g/mol. The van der Waals surface area contributed by atoms with Crippen LogP contribution in [0.2, 0.25) is 0 Å². The zero-order chi connectivity index (χ0) is 15.1. The van der Waals surface area contributed by atoms with Crippen molar-refractivity contribution >= 4 is 17.7 Å². The molecule has 0 saturated heterocycles. The van der Waals surface area contributed by atoms with Gasteiger partial charge in [-0.15, -0.1) is 11.8 Å². The molecule has 1 atom stereocenters. The molecule has 20 heavy (non-hydrogen) atoms. The molecule has 3 heteroatoms. The van der Waals surface area contributed by atoms with Crippen LogP contribution in [0.5, 0.6) is 0 Å². The minimum absolute atomic E-state index is 0.0183. The van der Waals surface area contributed by atoms with Crippen LogP contribution in [0.1, 0.15) is 40.2 Å². The first-order valence-corrected chi connectivity index (χ1v) is 8.42. The first-order chi connectivity index (χ1) is 9.41. The van der Waals surface area contributed by atoms with Crippen molar-refractivity contribution in [3.05, 3.63) is 35.9 Å². The van der Waals surface area contributed by atoms with Gasteiger partial charge < -0.3 is 5.32 Å². The molecule has 0 aliphatic carbocycles. The van der Waals surface area contributed by atoms with E-state index >= 15 is 0 Å². The highest BCUT2D eigenvalue weighted by atomic mass is 32.2. The lowest BCUT2D eigenvalue weighted by Crippen LogP contribution is -2.45. The molecule has 1 aromatic rings. The summed E-state index contributed by atoms with van der Waals surface area (Å²) in [5, 5.41) is 3.17. The van der Waals surface area contributed by atoms with E-state index in [9.17, 15) is 4.79 Å². The number of benzene rings is 1. The summed E-state index contributed by atoms with van der Waals surface area (Å²) in [5.74, 6) is 1.96. The smallest absolute Gasteiger partial charge is 0.233 e. The van der Waals surface area contributed by atoms with Crippen molar-refractivity contribution in [1.82, 2.24) is 5.32 Å². The maximum Gasteiger partial charge on any atom is 0.233 e. The lowest BCUT2D eigenvalue weighted by Gasteiger charge is -2.27. The first-order valence-electron chi connectivity index (χ1n) is 7.37. The molecule has 0 radical (unpaired) electrons. The molecule has 0 spiro atoms. The second-order valence-corrected chi connectivity index (χ2v) is 7.29. The molecule has 0 fully saturated rings. The molecule has 0 bridgehead atoms. The number of amides is 1. The highest BCUT2D eigenvalue weighted by Gasteiger charge is 2.22. The van der Waals surface area contributed by atoms with Gasteiger partial charge in [-0.25, -0.2) is 0 Å². The average Bonchev–Trinajstić information content (AvgIpc) is 2.42. The monoisotopic (exact) mass is 293 g/mol. The lowest BCUT2D eigenvalue weighted by atomic mass is 9.93. The van der Waals surface area contributed by atoms with E-state index in [4.69, 9.17) is 0 Å². The normalized spacial score (nSPS) is 13.0. The van der Waals surface area contributed by atoms with Crippen molar-refractivity contribution < 1.29 is 4.79 Å². The van der Waals surface area contributed by atoms with E-state index in [0.717, 1.165) is 5.75 Å². The highest BCUT2D eigenvalue weighted by molar-refractivity contribution is 7.99.